The molecule has 0 N–H and O–H groups in total. The number of hydrogen-bond acceptors (Lipinski definition) is 4. The summed E-state index contributed by atoms with van der Waals surface area (Å²) >= 11 is 1.39. The predicted octanol–water partition coefficient (Wildman–Crippen LogP) is 3.01. The van der Waals surface area contributed by atoms with Crippen LogP contribution in [0.25, 0.3) is 11.0 Å². The highest BCUT2D eigenvalue weighted by atomic mass is 32.2. The van der Waals surface area contributed by atoms with Gasteiger partial charge in [-0.25, -0.2) is 4.98 Å². The van der Waals surface area contributed by atoms with Crippen molar-refractivity contribution in [2.24, 2.45) is 0 Å². The van der Waals surface area contributed by atoms with Gasteiger partial charge in [0.1, 0.15) is 6.54 Å². The van der Waals surface area contributed by atoms with E-state index in [4.69, 9.17) is 0 Å². The first kappa shape index (κ1) is 19.7. The maximum atomic E-state index is 13.1. The first-order chi connectivity index (χ1) is 12.9. The monoisotopic (exact) mass is 388 g/mol. The third-order valence-electron chi connectivity index (χ3n) is 5.22. The van der Waals surface area contributed by atoms with Crippen molar-refractivity contribution in [1.82, 2.24) is 19.4 Å². The number of carbonyl (C=O) groups excluding carboxylic acids is 2. The number of rotatable bonds is 5. The molecule has 1 aromatic heterocycles. The molecule has 0 aliphatic carbocycles. The van der Waals surface area contributed by atoms with Crippen LogP contribution in [0.1, 0.15) is 33.1 Å². The largest absolute Gasteiger partial charge is 0.348 e. The number of benzene rings is 1. The van der Waals surface area contributed by atoms with Crippen molar-refractivity contribution in [3.63, 3.8) is 0 Å². The van der Waals surface area contributed by atoms with Crippen molar-refractivity contribution >= 4 is 34.6 Å². The van der Waals surface area contributed by atoms with E-state index in [1.807, 2.05) is 33.7 Å². The molecule has 1 fully saturated rings. The molecule has 2 heterocycles. The fraction of sp³-hybridized carbons (Fsp3) is 0.550. The third-order valence-corrected chi connectivity index (χ3v) is 6.18. The van der Waals surface area contributed by atoms with Crippen LogP contribution in [0.4, 0.5) is 0 Å². The van der Waals surface area contributed by atoms with Crippen molar-refractivity contribution in [3.8, 4) is 0 Å². The van der Waals surface area contributed by atoms with E-state index in [2.05, 4.69) is 18.8 Å². The predicted molar refractivity (Wildman–Crippen MR) is 109 cm³/mol. The average Bonchev–Trinajstić information content (AvgIpc) is 2.97. The molecule has 1 aliphatic rings. The third kappa shape index (κ3) is 4.29. The van der Waals surface area contributed by atoms with E-state index in [0.717, 1.165) is 29.0 Å². The summed E-state index contributed by atoms with van der Waals surface area (Å²) in [5, 5.41) is 0.720. The van der Waals surface area contributed by atoms with Gasteiger partial charge in [-0.15, -0.1) is 0 Å². The van der Waals surface area contributed by atoms with Gasteiger partial charge in [0.25, 0.3) is 0 Å². The molecule has 2 amide bonds. The molecule has 6 nitrogen and oxygen atoms in total. The molecule has 1 aliphatic heterocycles. The Morgan fingerprint density at radius 3 is 2.52 bits per heavy atom. The van der Waals surface area contributed by atoms with E-state index in [0.29, 0.717) is 5.75 Å². The first-order valence-electron chi connectivity index (χ1n) is 9.48. The van der Waals surface area contributed by atoms with E-state index in [-0.39, 0.29) is 30.4 Å². The molecule has 0 spiro atoms. The zero-order valence-corrected chi connectivity index (χ0v) is 17.3. The number of aromatic nitrogens is 2. The van der Waals surface area contributed by atoms with Gasteiger partial charge in [-0.05, 0) is 45.2 Å². The standard InChI is InChI=1S/C20H28N4O2S/c1-14-8-7-9-15(2)24(14)18(25)12-23-17-11-6-5-10-16(17)21-20(23)27-13-19(26)22(3)4/h5-6,10-11,14-15H,7-9,12-13H2,1-4H3/t14-,15-/m1/s1. The van der Waals surface area contributed by atoms with Gasteiger partial charge in [0, 0.05) is 26.2 Å². The van der Waals surface area contributed by atoms with Gasteiger partial charge in [-0.2, -0.15) is 0 Å². The van der Waals surface area contributed by atoms with Crippen LogP contribution in [0.15, 0.2) is 29.4 Å². The molecule has 0 saturated carbocycles. The summed E-state index contributed by atoms with van der Waals surface area (Å²) in [5.74, 6) is 0.461. The molecule has 1 aromatic carbocycles. The number of hydrogen-bond donors (Lipinski definition) is 0. The topological polar surface area (TPSA) is 58.4 Å². The Morgan fingerprint density at radius 1 is 1.19 bits per heavy atom. The number of imidazole rings is 1. The molecule has 0 radical (unpaired) electrons. The quantitative estimate of drug-likeness (QED) is 0.739. The van der Waals surface area contributed by atoms with Crippen molar-refractivity contribution < 1.29 is 9.59 Å². The first-order valence-corrected chi connectivity index (χ1v) is 10.5. The summed E-state index contributed by atoms with van der Waals surface area (Å²) < 4.78 is 1.96. The Hall–Kier alpha value is -2.02. The van der Waals surface area contributed by atoms with Gasteiger partial charge in [-0.3, -0.25) is 9.59 Å². The minimum absolute atomic E-state index is 0.0307. The lowest BCUT2D eigenvalue weighted by Gasteiger charge is -2.39. The zero-order valence-electron chi connectivity index (χ0n) is 16.5. The minimum atomic E-state index is 0.0307. The van der Waals surface area contributed by atoms with E-state index in [1.165, 1.54) is 18.2 Å². The van der Waals surface area contributed by atoms with Crippen LogP contribution in [0, 0.1) is 0 Å². The minimum Gasteiger partial charge on any atom is -0.348 e. The molecule has 0 unspecified atom stereocenters. The van der Waals surface area contributed by atoms with Gasteiger partial charge in [0.2, 0.25) is 11.8 Å². The molecular formula is C20H28N4O2S. The lowest BCUT2D eigenvalue weighted by Crippen LogP contribution is -2.48. The molecule has 1 saturated heterocycles. The van der Waals surface area contributed by atoms with Crippen molar-refractivity contribution in [1.29, 1.82) is 0 Å². The molecule has 2 atom stereocenters. The summed E-state index contributed by atoms with van der Waals surface area (Å²) in [6.45, 7) is 4.52. The summed E-state index contributed by atoms with van der Waals surface area (Å²) in [6, 6.07) is 8.35. The molecule has 3 rings (SSSR count). The van der Waals surface area contributed by atoms with Gasteiger partial charge < -0.3 is 14.4 Å². The molecule has 7 heteroatoms. The molecular weight excluding hydrogens is 360 g/mol. The summed E-state index contributed by atoms with van der Waals surface area (Å²) in [4.78, 5) is 33.4. The SMILES string of the molecule is C[C@@H]1CCC[C@@H](C)N1C(=O)Cn1c(SCC(=O)N(C)C)nc2ccccc21. The number of thioether (sulfide) groups is 1. The van der Waals surface area contributed by atoms with Crippen molar-refractivity contribution in [2.75, 3.05) is 19.8 Å². The van der Waals surface area contributed by atoms with E-state index >= 15 is 0 Å². The molecule has 146 valence electrons. The number of carbonyl (C=O) groups is 2. The normalized spacial score (nSPS) is 20.1. The second kappa shape index (κ2) is 8.33. The van der Waals surface area contributed by atoms with E-state index in [9.17, 15) is 9.59 Å². The Kier molecular flexibility index (Phi) is 6.09. The lowest BCUT2D eigenvalue weighted by molar-refractivity contribution is -0.138. The average molecular weight is 389 g/mol. The smallest absolute Gasteiger partial charge is 0.243 e. The summed E-state index contributed by atoms with van der Waals surface area (Å²) in [7, 11) is 3.49. The number of nitrogens with zero attached hydrogens (tertiary/aromatic N) is 4. The van der Waals surface area contributed by atoms with E-state index < -0.39 is 0 Å². The Labute approximate surface area is 164 Å². The highest BCUT2D eigenvalue weighted by Gasteiger charge is 2.29. The lowest BCUT2D eigenvalue weighted by atomic mass is 9.97. The fourth-order valence-corrected chi connectivity index (χ4v) is 4.69. The van der Waals surface area contributed by atoms with Crippen LogP contribution in [0.3, 0.4) is 0 Å². The van der Waals surface area contributed by atoms with Crippen LogP contribution in [-0.2, 0) is 16.1 Å². The van der Waals surface area contributed by atoms with Crippen LogP contribution in [-0.4, -0.2) is 63.1 Å². The van der Waals surface area contributed by atoms with Gasteiger partial charge >= 0.3 is 0 Å². The molecule has 27 heavy (non-hydrogen) atoms. The maximum Gasteiger partial charge on any atom is 0.243 e. The van der Waals surface area contributed by atoms with Gasteiger partial charge in [0.15, 0.2) is 5.16 Å². The number of amides is 2. The van der Waals surface area contributed by atoms with E-state index in [1.54, 1.807) is 19.0 Å². The number of likely N-dealkylation sites (tertiary alicyclic amines) is 1. The van der Waals surface area contributed by atoms with Crippen LogP contribution < -0.4 is 0 Å². The highest BCUT2D eigenvalue weighted by molar-refractivity contribution is 7.99. The Bertz CT molecular complexity index is 822. The number of fused-ring (bicyclic) bond motifs is 1. The van der Waals surface area contributed by atoms with Crippen molar-refractivity contribution in [3.05, 3.63) is 24.3 Å². The van der Waals surface area contributed by atoms with Gasteiger partial charge in [-0.1, -0.05) is 23.9 Å². The highest BCUT2D eigenvalue weighted by Crippen LogP contribution is 2.27. The van der Waals surface area contributed by atoms with Crippen LogP contribution in [0.5, 0.6) is 0 Å². The van der Waals surface area contributed by atoms with Crippen molar-refractivity contribution in [2.45, 2.75) is 56.9 Å². The zero-order chi connectivity index (χ0) is 19.6. The second-order valence-corrected chi connectivity index (χ2v) is 8.42. The van der Waals surface area contributed by atoms with Crippen LogP contribution in [0.2, 0.25) is 0 Å². The van der Waals surface area contributed by atoms with Gasteiger partial charge in [0.05, 0.1) is 16.8 Å². The molecule has 0 bridgehead atoms. The van der Waals surface area contributed by atoms with Crippen LogP contribution >= 0.6 is 11.8 Å². The number of para-hydroxylation sites is 2. The second-order valence-electron chi connectivity index (χ2n) is 7.48. The Morgan fingerprint density at radius 2 is 1.85 bits per heavy atom. The fourth-order valence-electron chi connectivity index (χ4n) is 3.70. The summed E-state index contributed by atoms with van der Waals surface area (Å²) in [5.41, 5.74) is 1.79. The summed E-state index contributed by atoms with van der Waals surface area (Å²) in [6.07, 6.45) is 3.28. The molecule has 2 aromatic rings. The maximum absolute atomic E-state index is 13.1. The number of piperidine rings is 1. The Balaban J connectivity index is 1.86.